The molecule has 0 radical (unpaired) electrons. The van der Waals surface area contributed by atoms with Gasteiger partial charge in [0.25, 0.3) is 0 Å². The Labute approximate surface area is 234 Å². The van der Waals surface area contributed by atoms with Crippen molar-refractivity contribution in [1.29, 1.82) is 0 Å². The Kier molecular flexibility index (Phi) is 13.7. The van der Waals surface area contributed by atoms with Crippen molar-refractivity contribution in [2.45, 2.75) is 110 Å². The lowest BCUT2D eigenvalue weighted by Gasteiger charge is -2.08. The van der Waals surface area contributed by atoms with Gasteiger partial charge in [0, 0.05) is 24.0 Å². The Morgan fingerprint density at radius 2 is 1.28 bits per heavy atom. The predicted octanol–water partition coefficient (Wildman–Crippen LogP) is 9.70. The number of aryl methyl sites for hydroxylation is 2. The maximum atomic E-state index is 14.5. The van der Waals surface area contributed by atoms with E-state index in [2.05, 4.69) is 23.8 Å². The van der Waals surface area contributed by atoms with E-state index in [1.165, 1.54) is 70.3 Å². The quantitative estimate of drug-likeness (QED) is 0.0929. The van der Waals surface area contributed by atoms with Gasteiger partial charge in [-0.15, -0.1) is 0 Å². The number of esters is 1. The molecule has 3 aromatic rings. The number of carbonyl (C=O) groups is 1. The molecule has 1 aromatic heterocycles. The highest BCUT2D eigenvalue weighted by molar-refractivity contribution is 5.91. The summed E-state index contributed by atoms with van der Waals surface area (Å²) in [6.45, 7) is 4.44. The molecular weight excluding hydrogens is 487 g/mol. The van der Waals surface area contributed by atoms with Crippen LogP contribution in [-0.4, -0.2) is 15.9 Å². The number of rotatable bonds is 18. The van der Waals surface area contributed by atoms with Crippen LogP contribution in [0.2, 0.25) is 0 Å². The molecule has 0 bridgehead atoms. The van der Waals surface area contributed by atoms with Crippen molar-refractivity contribution in [2.24, 2.45) is 0 Å². The molecule has 0 N–H and O–H groups in total. The lowest BCUT2D eigenvalue weighted by molar-refractivity contribution is 0.0734. The average molecular weight is 533 g/mol. The third kappa shape index (κ3) is 10.9. The van der Waals surface area contributed by atoms with Crippen LogP contribution >= 0.6 is 0 Å². The molecule has 1 heterocycles. The largest absolute Gasteiger partial charge is 0.423 e. The molecule has 0 atom stereocenters. The molecule has 0 saturated carbocycles. The summed E-state index contributed by atoms with van der Waals surface area (Å²) in [7, 11) is 0. The van der Waals surface area contributed by atoms with Gasteiger partial charge < -0.3 is 4.74 Å². The van der Waals surface area contributed by atoms with Crippen LogP contribution in [-0.2, 0) is 12.8 Å². The summed E-state index contributed by atoms with van der Waals surface area (Å²) < 4.78 is 20.0. The van der Waals surface area contributed by atoms with Gasteiger partial charge in [-0.1, -0.05) is 103 Å². The maximum Gasteiger partial charge on any atom is 0.343 e. The van der Waals surface area contributed by atoms with Crippen molar-refractivity contribution in [3.05, 3.63) is 77.4 Å². The van der Waals surface area contributed by atoms with E-state index in [-0.39, 0.29) is 11.6 Å². The summed E-state index contributed by atoms with van der Waals surface area (Å²) in [5.74, 6) is 0.00164. The lowest BCUT2D eigenvalue weighted by atomic mass is 10.0. The minimum absolute atomic E-state index is 0.216. The number of hydrogen-bond donors (Lipinski definition) is 0. The van der Waals surface area contributed by atoms with E-state index in [1.54, 1.807) is 24.3 Å². The monoisotopic (exact) mass is 532 g/mol. The smallest absolute Gasteiger partial charge is 0.343 e. The third-order valence-corrected chi connectivity index (χ3v) is 7.19. The molecule has 0 aliphatic carbocycles. The Morgan fingerprint density at radius 3 is 1.87 bits per heavy atom. The minimum Gasteiger partial charge on any atom is -0.423 e. The van der Waals surface area contributed by atoms with Crippen molar-refractivity contribution in [1.82, 2.24) is 9.97 Å². The standard InChI is InChI=1S/C34H45FN2O2/c1-3-5-7-9-11-12-14-16-27-25-36-33(37-26-27)29-18-20-30(21-19-29)34(38)39-31-23-22-28(32(35)24-31)17-15-13-10-8-6-4-2/h18-26H,3-17H2,1-2H3. The van der Waals surface area contributed by atoms with Crippen molar-refractivity contribution < 1.29 is 13.9 Å². The SMILES string of the molecule is CCCCCCCCCc1cnc(-c2ccc(C(=O)Oc3ccc(CCCCCCCC)c(F)c3)cc2)nc1. The normalized spacial score (nSPS) is 11.1. The molecule has 3 rings (SSSR count). The van der Waals surface area contributed by atoms with Gasteiger partial charge in [0.1, 0.15) is 11.6 Å². The number of benzene rings is 2. The maximum absolute atomic E-state index is 14.5. The molecule has 0 aliphatic rings. The van der Waals surface area contributed by atoms with Crippen LogP contribution in [0.1, 0.15) is 119 Å². The zero-order chi connectivity index (χ0) is 27.7. The van der Waals surface area contributed by atoms with Gasteiger partial charge in [0.2, 0.25) is 0 Å². The highest BCUT2D eigenvalue weighted by atomic mass is 19.1. The van der Waals surface area contributed by atoms with Crippen LogP contribution in [0.4, 0.5) is 4.39 Å². The second kappa shape index (κ2) is 17.5. The van der Waals surface area contributed by atoms with Crippen LogP contribution in [0.5, 0.6) is 5.75 Å². The zero-order valence-electron chi connectivity index (χ0n) is 23.9. The summed E-state index contributed by atoms with van der Waals surface area (Å²) in [5, 5.41) is 0. The van der Waals surface area contributed by atoms with Gasteiger partial charge in [-0.05, 0) is 55.0 Å². The molecule has 2 aromatic carbocycles. The van der Waals surface area contributed by atoms with Gasteiger partial charge in [0.15, 0.2) is 5.82 Å². The Bertz CT molecular complexity index is 1110. The van der Waals surface area contributed by atoms with E-state index in [0.717, 1.165) is 36.8 Å². The van der Waals surface area contributed by atoms with Gasteiger partial charge in [-0.3, -0.25) is 0 Å². The number of carbonyl (C=O) groups excluding carboxylic acids is 1. The third-order valence-electron chi connectivity index (χ3n) is 7.19. The summed E-state index contributed by atoms with van der Waals surface area (Å²) in [6, 6.07) is 11.7. The van der Waals surface area contributed by atoms with E-state index >= 15 is 0 Å². The first-order valence-electron chi connectivity index (χ1n) is 15.0. The number of aromatic nitrogens is 2. The van der Waals surface area contributed by atoms with Crippen molar-refractivity contribution in [2.75, 3.05) is 0 Å². The first-order valence-corrected chi connectivity index (χ1v) is 15.0. The molecule has 4 nitrogen and oxygen atoms in total. The molecule has 0 saturated heterocycles. The lowest BCUT2D eigenvalue weighted by Crippen LogP contribution is -2.09. The fraction of sp³-hybridized carbons (Fsp3) is 0.500. The average Bonchev–Trinajstić information content (AvgIpc) is 2.96. The summed E-state index contributed by atoms with van der Waals surface area (Å²) in [6.07, 6.45) is 21.5. The molecule has 5 heteroatoms. The van der Waals surface area contributed by atoms with Crippen molar-refractivity contribution in [3.8, 4) is 17.1 Å². The fourth-order valence-corrected chi connectivity index (χ4v) is 4.73. The molecule has 0 fully saturated rings. The Balaban J connectivity index is 1.45. The number of unbranched alkanes of at least 4 members (excludes halogenated alkanes) is 11. The summed E-state index contributed by atoms with van der Waals surface area (Å²) in [5.41, 5.74) is 3.05. The molecule has 210 valence electrons. The van der Waals surface area contributed by atoms with Gasteiger partial charge >= 0.3 is 5.97 Å². The number of ether oxygens (including phenoxy) is 1. The molecule has 0 amide bonds. The van der Waals surface area contributed by atoms with E-state index in [9.17, 15) is 9.18 Å². The number of hydrogen-bond acceptors (Lipinski definition) is 4. The van der Waals surface area contributed by atoms with Crippen LogP contribution in [0.25, 0.3) is 11.4 Å². The molecule has 0 aliphatic heterocycles. The molecular formula is C34H45FN2O2. The van der Waals surface area contributed by atoms with Crippen molar-refractivity contribution in [3.63, 3.8) is 0 Å². The molecule has 0 unspecified atom stereocenters. The topological polar surface area (TPSA) is 52.1 Å². The van der Waals surface area contributed by atoms with Crippen LogP contribution in [0.3, 0.4) is 0 Å². The van der Waals surface area contributed by atoms with E-state index < -0.39 is 5.97 Å². The number of halogens is 1. The van der Waals surface area contributed by atoms with E-state index in [4.69, 9.17) is 4.74 Å². The highest BCUT2D eigenvalue weighted by Gasteiger charge is 2.12. The number of nitrogens with zero attached hydrogens (tertiary/aromatic N) is 2. The van der Waals surface area contributed by atoms with Gasteiger partial charge in [0.05, 0.1) is 5.56 Å². The zero-order valence-corrected chi connectivity index (χ0v) is 23.9. The van der Waals surface area contributed by atoms with Crippen LogP contribution in [0, 0.1) is 5.82 Å². The van der Waals surface area contributed by atoms with Crippen LogP contribution in [0.15, 0.2) is 54.9 Å². The fourth-order valence-electron chi connectivity index (χ4n) is 4.73. The highest BCUT2D eigenvalue weighted by Crippen LogP contribution is 2.22. The van der Waals surface area contributed by atoms with Crippen molar-refractivity contribution >= 4 is 5.97 Å². The second-order valence-corrected chi connectivity index (χ2v) is 10.5. The van der Waals surface area contributed by atoms with Gasteiger partial charge in [-0.25, -0.2) is 19.2 Å². The second-order valence-electron chi connectivity index (χ2n) is 10.5. The summed E-state index contributed by atoms with van der Waals surface area (Å²) >= 11 is 0. The Morgan fingerprint density at radius 1 is 0.718 bits per heavy atom. The van der Waals surface area contributed by atoms with Gasteiger partial charge in [-0.2, -0.15) is 0 Å². The summed E-state index contributed by atoms with van der Waals surface area (Å²) in [4.78, 5) is 21.7. The predicted molar refractivity (Wildman–Crippen MR) is 158 cm³/mol. The Hall–Kier alpha value is -3.08. The first kappa shape index (κ1) is 30.5. The van der Waals surface area contributed by atoms with E-state index in [1.807, 2.05) is 24.5 Å². The van der Waals surface area contributed by atoms with E-state index in [0.29, 0.717) is 23.4 Å². The first-order chi connectivity index (χ1) is 19.1. The minimum atomic E-state index is -0.518. The molecule has 0 spiro atoms. The van der Waals surface area contributed by atoms with Crippen LogP contribution < -0.4 is 4.74 Å². The molecule has 39 heavy (non-hydrogen) atoms.